The predicted molar refractivity (Wildman–Crippen MR) is 58.4 cm³/mol. The average Bonchev–Trinajstić information content (AvgIpc) is 3.08. The first kappa shape index (κ1) is 10.4. The van der Waals surface area contributed by atoms with Crippen LogP contribution in [0.5, 0.6) is 5.88 Å². The number of ether oxygens (including phenoxy) is 1. The molecule has 9 heteroatoms. The maximum absolute atomic E-state index is 5.11. The minimum Gasteiger partial charge on any atom is -0.481 e. The van der Waals surface area contributed by atoms with E-state index in [1.54, 1.807) is 24.9 Å². The van der Waals surface area contributed by atoms with E-state index in [1.165, 1.54) is 6.33 Å². The molecular weight excluding hydrogens is 238 g/mol. The van der Waals surface area contributed by atoms with E-state index in [0.29, 0.717) is 29.1 Å². The molecule has 0 aliphatic rings. The summed E-state index contributed by atoms with van der Waals surface area (Å²) >= 11 is 0. The first-order chi connectivity index (χ1) is 8.78. The largest absolute Gasteiger partial charge is 0.481 e. The Bertz CT molecular complexity index is 654. The smallest absolute Gasteiger partial charge is 0.278 e. The van der Waals surface area contributed by atoms with Crippen molar-refractivity contribution in [2.45, 2.75) is 0 Å². The van der Waals surface area contributed by atoms with Crippen LogP contribution in [0.25, 0.3) is 23.2 Å². The molecule has 0 fully saturated rings. The lowest BCUT2D eigenvalue weighted by Crippen LogP contribution is -1.94. The number of aromatic nitrogens is 7. The highest BCUT2D eigenvalue weighted by Crippen LogP contribution is 2.22. The van der Waals surface area contributed by atoms with Gasteiger partial charge < -0.3 is 9.26 Å². The lowest BCUT2D eigenvalue weighted by molar-refractivity contribution is 0.373. The summed E-state index contributed by atoms with van der Waals surface area (Å²) in [6.07, 6.45) is 1.37. The molecule has 3 aromatic heterocycles. The quantitative estimate of drug-likeness (QED) is 0.707. The number of aryl methyl sites for hydroxylation is 1. The zero-order valence-corrected chi connectivity index (χ0v) is 9.65. The average molecular weight is 247 g/mol. The fourth-order valence-corrected chi connectivity index (χ4v) is 1.48. The zero-order valence-electron chi connectivity index (χ0n) is 9.65. The molecule has 0 atom stereocenters. The summed E-state index contributed by atoms with van der Waals surface area (Å²) in [5.74, 6) is 1.66. The van der Waals surface area contributed by atoms with Gasteiger partial charge in [-0.05, 0) is 0 Å². The maximum Gasteiger partial charge on any atom is 0.278 e. The summed E-state index contributed by atoms with van der Waals surface area (Å²) in [6, 6.07) is 1.71. The molecule has 3 rings (SSSR count). The van der Waals surface area contributed by atoms with Gasteiger partial charge in [-0.25, -0.2) is 9.67 Å². The minimum atomic E-state index is 0.292. The predicted octanol–water partition coefficient (Wildman–Crippen LogP) is 0.264. The first-order valence-electron chi connectivity index (χ1n) is 5.06. The highest BCUT2D eigenvalue weighted by atomic mass is 16.5. The summed E-state index contributed by atoms with van der Waals surface area (Å²) < 4.78 is 11.8. The van der Waals surface area contributed by atoms with E-state index in [4.69, 9.17) is 9.26 Å². The van der Waals surface area contributed by atoms with Crippen molar-refractivity contribution in [3.05, 3.63) is 12.4 Å². The van der Waals surface area contributed by atoms with Crippen LogP contribution in [-0.2, 0) is 7.05 Å². The van der Waals surface area contributed by atoms with Gasteiger partial charge in [-0.3, -0.25) is 5.10 Å². The van der Waals surface area contributed by atoms with Gasteiger partial charge in [-0.1, -0.05) is 5.16 Å². The van der Waals surface area contributed by atoms with Crippen LogP contribution >= 0.6 is 0 Å². The molecular formula is C9H9N7O2. The van der Waals surface area contributed by atoms with Gasteiger partial charge in [0.2, 0.25) is 11.7 Å². The van der Waals surface area contributed by atoms with Gasteiger partial charge >= 0.3 is 0 Å². The minimum absolute atomic E-state index is 0.292. The molecule has 0 radical (unpaired) electrons. The highest BCUT2D eigenvalue weighted by Gasteiger charge is 2.16. The van der Waals surface area contributed by atoms with Crippen molar-refractivity contribution in [2.24, 2.45) is 7.05 Å². The molecule has 9 nitrogen and oxygen atoms in total. The van der Waals surface area contributed by atoms with E-state index in [9.17, 15) is 0 Å². The zero-order chi connectivity index (χ0) is 12.5. The van der Waals surface area contributed by atoms with Gasteiger partial charge in [0.15, 0.2) is 11.5 Å². The molecule has 3 aromatic rings. The Labute approximate surface area is 101 Å². The number of aromatic amines is 1. The number of hydrogen-bond donors (Lipinski definition) is 1. The van der Waals surface area contributed by atoms with Crippen LogP contribution < -0.4 is 4.74 Å². The number of hydrogen-bond acceptors (Lipinski definition) is 7. The molecule has 0 spiro atoms. The monoisotopic (exact) mass is 247 g/mol. The third-order valence-corrected chi connectivity index (χ3v) is 2.32. The number of nitrogens with zero attached hydrogens (tertiary/aromatic N) is 6. The Kier molecular flexibility index (Phi) is 2.29. The van der Waals surface area contributed by atoms with Gasteiger partial charge in [-0.2, -0.15) is 15.2 Å². The van der Waals surface area contributed by atoms with Gasteiger partial charge in [0.1, 0.15) is 6.33 Å². The molecule has 1 N–H and O–H groups in total. The van der Waals surface area contributed by atoms with Crippen molar-refractivity contribution in [3.63, 3.8) is 0 Å². The molecule has 0 unspecified atom stereocenters. The number of methoxy groups -OCH3 is 1. The van der Waals surface area contributed by atoms with Gasteiger partial charge in [0.05, 0.1) is 7.11 Å². The fourth-order valence-electron chi connectivity index (χ4n) is 1.48. The number of nitrogens with one attached hydrogen (secondary N) is 1. The first-order valence-corrected chi connectivity index (χ1v) is 5.06. The molecule has 3 heterocycles. The van der Waals surface area contributed by atoms with Crippen molar-refractivity contribution in [1.29, 1.82) is 0 Å². The van der Waals surface area contributed by atoms with Crippen LogP contribution in [0.4, 0.5) is 0 Å². The second-order valence-corrected chi connectivity index (χ2v) is 3.45. The van der Waals surface area contributed by atoms with E-state index in [-0.39, 0.29) is 0 Å². The van der Waals surface area contributed by atoms with E-state index in [1.807, 2.05) is 0 Å². The van der Waals surface area contributed by atoms with Gasteiger partial charge in [0, 0.05) is 13.1 Å². The van der Waals surface area contributed by atoms with Crippen LogP contribution in [0.3, 0.4) is 0 Å². The standard InChI is InChI=1S/C9H9N7O2/c1-16-6(17-2)3-5(14-16)9-12-8(15-18-9)7-10-4-11-13-7/h3-4H,1-2H3,(H,10,11,13). The molecule has 18 heavy (non-hydrogen) atoms. The summed E-state index contributed by atoms with van der Waals surface area (Å²) in [7, 11) is 3.32. The molecule has 0 aliphatic heterocycles. The maximum atomic E-state index is 5.11. The molecule has 0 bridgehead atoms. The molecule has 0 aromatic carbocycles. The van der Waals surface area contributed by atoms with Crippen LogP contribution in [0.15, 0.2) is 16.9 Å². The number of H-pyrrole nitrogens is 1. The van der Waals surface area contributed by atoms with Crippen LogP contribution in [0.1, 0.15) is 0 Å². The van der Waals surface area contributed by atoms with Gasteiger partial charge in [-0.15, -0.1) is 0 Å². The summed E-state index contributed by atoms with van der Waals surface area (Å²) in [4.78, 5) is 8.10. The molecule has 0 saturated heterocycles. The van der Waals surface area contributed by atoms with E-state index >= 15 is 0 Å². The normalized spacial score (nSPS) is 10.8. The summed E-state index contributed by atoms with van der Waals surface area (Å²) in [5, 5.41) is 14.3. The second kappa shape index (κ2) is 3.95. The van der Waals surface area contributed by atoms with Crippen molar-refractivity contribution in [1.82, 2.24) is 35.1 Å². The van der Waals surface area contributed by atoms with Gasteiger partial charge in [0.25, 0.3) is 5.89 Å². The Balaban J connectivity index is 1.97. The van der Waals surface area contributed by atoms with Crippen molar-refractivity contribution < 1.29 is 9.26 Å². The summed E-state index contributed by atoms with van der Waals surface area (Å²) in [6.45, 7) is 0. The van der Waals surface area contributed by atoms with E-state index < -0.39 is 0 Å². The highest BCUT2D eigenvalue weighted by molar-refractivity contribution is 5.52. The Hall–Kier alpha value is -2.71. The third-order valence-electron chi connectivity index (χ3n) is 2.32. The fraction of sp³-hybridized carbons (Fsp3) is 0.222. The Morgan fingerprint density at radius 1 is 1.44 bits per heavy atom. The lowest BCUT2D eigenvalue weighted by atomic mass is 10.4. The lowest BCUT2D eigenvalue weighted by Gasteiger charge is -1.95. The second-order valence-electron chi connectivity index (χ2n) is 3.45. The van der Waals surface area contributed by atoms with Crippen LogP contribution in [0.2, 0.25) is 0 Å². The molecule has 0 saturated carbocycles. The molecule has 0 aliphatic carbocycles. The Morgan fingerprint density at radius 3 is 3.00 bits per heavy atom. The van der Waals surface area contributed by atoms with Crippen molar-refractivity contribution in [2.75, 3.05) is 7.11 Å². The third kappa shape index (κ3) is 1.61. The van der Waals surface area contributed by atoms with Crippen molar-refractivity contribution >= 4 is 0 Å². The molecule has 92 valence electrons. The van der Waals surface area contributed by atoms with E-state index in [0.717, 1.165) is 0 Å². The van der Waals surface area contributed by atoms with E-state index in [2.05, 4.69) is 30.4 Å². The van der Waals surface area contributed by atoms with Crippen molar-refractivity contribution in [3.8, 4) is 29.1 Å². The number of rotatable bonds is 3. The SMILES string of the molecule is COc1cc(-c2nc(-c3ncn[nH]3)no2)nn1C. The Morgan fingerprint density at radius 2 is 2.33 bits per heavy atom. The topological polar surface area (TPSA) is 108 Å². The van der Waals surface area contributed by atoms with Crippen LogP contribution in [-0.4, -0.2) is 42.2 Å². The molecule has 0 amide bonds. The summed E-state index contributed by atoms with van der Waals surface area (Å²) in [5.41, 5.74) is 0.535. The van der Waals surface area contributed by atoms with Crippen LogP contribution in [0, 0.1) is 0 Å².